The van der Waals surface area contributed by atoms with Crippen LogP contribution in [0.2, 0.25) is 0 Å². The Kier molecular flexibility index (Phi) is 4.25. The normalized spacial score (nSPS) is 9.96. The minimum Gasteiger partial charge on any atom is -0.341 e. The van der Waals surface area contributed by atoms with E-state index in [1.165, 1.54) is 0 Å². The lowest BCUT2D eigenvalue weighted by atomic mass is 10.2. The molecule has 5 heteroatoms. The van der Waals surface area contributed by atoms with Gasteiger partial charge in [0.1, 0.15) is 11.4 Å². The average Bonchev–Trinajstić information content (AvgIpc) is 3.21. The molecule has 0 unspecified atom stereocenters. The maximum absolute atomic E-state index is 12.3. The van der Waals surface area contributed by atoms with E-state index in [2.05, 4.69) is 22.3 Å². The zero-order chi connectivity index (χ0) is 16.1. The van der Waals surface area contributed by atoms with E-state index in [1.54, 1.807) is 17.9 Å². The minimum atomic E-state index is -0.191. The number of benzene rings is 1. The summed E-state index contributed by atoms with van der Waals surface area (Å²) in [7, 11) is 1.81. The second-order valence-electron chi connectivity index (χ2n) is 4.95. The Hall–Kier alpha value is -3.26. The molecular weight excluding hydrogens is 288 g/mol. The molecule has 2 aromatic heterocycles. The fraction of sp³-hybridized carbons (Fsp3) is 0.111. The van der Waals surface area contributed by atoms with Crippen LogP contribution in [-0.2, 0) is 7.05 Å². The van der Waals surface area contributed by atoms with Gasteiger partial charge in [-0.05, 0) is 24.3 Å². The highest BCUT2D eigenvalue weighted by Crippen LogP contribution is 2.13. The van der Waals surface area contributed by atoms with Gasteiger partial charge in [-0.2, -0.15) is 5.10 Å². The SMILES string of the molecule is Cn1ncc(C(=O)NCC#Cc2ccccc2)c1-n1cccc1. The van der Waals surface area contributed by atoms with Gasteiger partial charge < -0.3 is 9.88 Å². The molecule has 1 N–H and O–H groups in total. The highest BCUT2D eigenvalue weighted by molar-refractivity contribution is 5.97. The van der Waals surface area contributed by atoms with Crippen molar-refractivity contribution in [3.63, 3.8) is 0 Å². The molecule has 3 rings (SSSR count). The number of aryl methyl sites for hydroxylation is 1. The Labute approximate surface area is 134 Å². The lowest BCUT2D eigenvalue weighted by molar-refractivity contribution is 0.0958. The predicted octanol–water partition coefficient (Wildman–Crippen LogP) is 1.99. The Morgan fingerprint density at radius 2 is 1.91 bits per heavy atom. The number of hydrogen-bond acceptors (Lipinski definition) is 2. The molecule has 1 amide bonds. The van der Waals surface area contributed by atoms with Crippen LogP contribution in [-0.4, -0.2) is 26.8 Å². The van der Waals surface area contributed by atoms with Gasteiger partial charge in [-0.25, -0.2) is 0 Å². The van der Waals surface area contributed by atoms with Crippen molar-refractivity contribution in [3.8, 4) is 17.7 Å². The number of hydrogen-bond donors (Lipinski definition) is 1. The first-order valence-corrected chi connectivity index (χ1v) is 7.23. The van der Waals surface area contributed by atoms with E-state index in [1.807, 2.05) is 59.4 Å². The van der Waals surface area contributed by atoms with Crippen LogP contribution in [0.5, 0.6) is 0 Å². The van der Waals surface area contributed by atoms with Gasteiger partial charge in [-0.1, -0.05) is 30.0 Å². The third kappa shape index (κ3) is 3.33. The second kappa shape index (κ2) is 6.67. The van der Waals surface area contributed by atoms with Crippen molar-refractivity contribution in [1.82, 2.24) is 19.7 Å². The highest BCUT2D eigenvalue weighted by atomic mass is 16.1. The summed E-state index contributed by atoms with van der Waals surface area (Å²) in [4.78, 5) is 12.3. The smallest absolute Gasteiger partial charge is 0.257 e. The Bertz CT molecular complexity index is 852. The summed E-state index contributed by atoms with van der Waals surface area (Å²) in [5.41, 5.74) is 1.45. The predicted molar refractivity (Wildman–Crippen MR) is 88.2 cm³/mol. The summed E-state index contributed by atoms with van der Waals surface area (Å²) >= 11 is 0. The van der Waals surface area contributed by atoms with E-state index in [0.29, 0.717) is 5.56 Å². The molecule has 0 saturated heterocycles. The molecule has 0 radical (unpaired) electrons. The first kappa shape index (κ1) is 14.7. The number of carbonyl (C=O) groups excluding carboxylic acids is 1. The number of nitrogens with zero attached hydrogens (tertiary/aromatic N) is 3. The molecule has 0 spiro atoms. The molecule has 0 atom stereocenters. The topological polar surface area (TPSA) is 51.9 Å². The number of nitrogens with one attached hydrogen (secondary N) is 1. The molecule has 3 aromatic rings. The molecule has 23 heavy (non-hydrogen) atoms. The van der Waals surface area contributed by atoms with Crippen molar-refractivity contribution in [3.05, 3.63) is 72.2 Å². The van der Waals surface area contributed by atoms with Gasteiger partial charge in [0.25, 0.3) is 5.91 Å². The molecule has 0 aliphatic rings. The molecule has 114 valence electrons. The molecule has 5 nitrogen and oxygen atoms in total. The van der Waals surface area contributed by atoms with Crippen LogP contribution in [0.15, 0.2) is 61.1 Å². The summed E-state index contributed by atoms with van der Waals surface area (Å²) in [6.07, 6.45) is 5.32. The van der Waals surface area contributed by atoms with Crippen LogP contribution in [0.4, 0.5) is 0 Å². The lowest BCUT2D eigenvalue weighted by Gasteiger charge is -2.06. The molecule has 0 aliphatic carbocycles. The van der Waals surface area contributed by atoms with Gasteiger partial charge in [0, 0.05) is 25.0 Å². The van der Waals surface area contributed by atoms with Gasteiger partial charge in [0.15, 0.2) is 0 Å². The van der Waals surface area contributed by atoms with Crippen LogP contribution < -0.4 is 5.32 Å². The number of amides is 1. The number of rotatable bonds is 3. The zero-order valence-electron chi connectivity index (χ0n) is 12.7. The maximum Gasteiger partial charge on any atom is 0.257 e. The zero-order valence-corrected chi connectivity index (χ0v) is 12.7. The lowest BCUT2D eigenvalue weighted by Crippen LogP contribution is -2.24. The van der Waals surface area contributed by atoms with Crippen molar-refractivity contribution in [2.45, 2.75) is 0 Å². The first-order chi connectivity index (χ1) is 11.3. The van der Waals surface area contributed by atoms with Crippen molar-refractivity contribution in [1.29, 1.82) is 0 Å². The van der Waals surface area contributed by atoms with Gasteiger partial charge in [-0.15, -0.1) is 0 Å². The van der Waals surface area contributed by atoms with Gasteiger partial charge in [0.05, 0.1) is 12.7 Å². The summed E-state index contributed by atoms with van der Waals surface area (Å²) in [6, 6.07) is 13.5. The second-order valence-corrected chi connectivity index (χ2v) is 4.95. The van der Waals surface area contributed by atoms with Gasteiger partial charge in [0.2, 0.25) is 0 Å². The maximum atomic E-state index is 12.3. The summed E-state index contributed by atoms with van der Waals surface area (Å²) in [5.74, 6) is 6.49. The molecule has 0 bridgehead atoms. The quantitative estimate of drug-likeness (QED) is 0.752. The Morgan fingerprint density at radius 1 is 1.17 bits per heavy atom. The minimum absolute atomic E-state index is 0.191. The van der Waals surface area contributed by atoms with Crippen molar-refractivity contribution in [2.24, 2.45) is 7.05 Å². The van der Waals surface area contributed by atoms with Crippen LogP contribution in [0, 0.1) is 11.8 Å². The Morgan fingerprint density at radius 3 is 2.65 bits per heavy atom. The highest BCUT2D eigenvalue weighted by Gasteiger charge is 2.16. The van der Waals surface area contributed by atoms with Gasteiger partial charge in [-0.3, -0.25) is 9.48 Å². The standard InChI is InChI=1S/C18H16N4O/c1-21-18(22-12-5-6-13-22)16(14-20-21)17(23)19-11-7-10-15-8-3-2-4-9-15/h2-6,8-9,12-14H,11H2,1H3,(H,19,23). The first-order valence-electron chi connectivity index (χ1n) is 7.23. The van der Waals surface area contributed by atoms with E-state index in [0.717, 1.165) is 11.4 Å². The third-order valence-corrected chi connectivity index (χ3v) is 3.34. The Balaban J connectivity index is 1.69. The molecular formula is C18H16N4O. The average molecular weight is 304 g/mol. The molecule has 2 heterocycles. The molecule has 1 aromatic carbocycles. The van der Waals surface area contributed by atoms with E-state index in [4.69, 9.17) is 0 Å². The third-order valence-electron chi connectivity index (χ3n) is 3.34. The molecule has 0 saturated carbocycles. The van der Waals surface area contributed by atoms with Crippen LogP contribution >= 0.6 is 0 Å². The van der Waals surface area contributed by atoms with Crippen LogP contribution in [0.3, 0.4) is 0 Å². The monoisotopic (exact) mass is 304 g/mol. The van der Waals surface area contributed by atoms with E-state index < -0.39 is 0 Å². The van der Waals surface area contributed by atoms with Crippen molar-refractivity contribution >= 4 is 5.91 Å². The van der Waals surface area contributed by atoms with Crippen LogP contribution in [0.25, 0.3) is 5.82 Å². The summed E-state index contributed by atoms with van der Waals surface area (Å²) in [5, 5.41) is 6.97. The van der Waals surface area contributed by atoms with Crippen LogP contribution in [0.1, 0.15) is 15.9 Å². The van der Waals surface area contributed by atoms with Crippen molar-refractivity contribution < 1.29 is 4.79 Å². The molecule has 0 aliphatic heterocycles. The number of aromatic nitrogens is 3. The van der Waals surface area contributed by atoms with E-state index in [-0.39, 0.29) is 12.5 Å². The van der Waals surface area contributed by atoms with Crippen molar-refractivity contribution in [2.75, 3.05) is 6.54 Å². The molecule has 0 fully saturated rings. The summed E-state index contributed by atoms with van der Waals surface area (Å²) < 4.78 is 3.53. The fourth-order valence-electron chi connectivity index (χ4n) is 2.26. The van der Waals surface area contributed by atoms with Gasteiger partial charge >= 0.3 is 0 Å². The number of carbonyl (C=O) groups is 1. The fourth-order valence-corrected chi connectivity index (χ4v) is 2.26. The largest absolute Gasteiger partial charge is 0.341 e. The van der Waals surface area contributed by atoms with E-state index >= 15 is 0 Å². The summed E-state index contributed by atoms with van der Waals surface area (Å²) in [6.45, 7) is 0.285. The van der Waals surface area contributed by atoms with E-state index in [9.17, 15) is 4.79 Å².